The van der Waals surface area contributed by atoms with Crippen molar-refractivity contribution in [3.8, 4) is 11.1 Å². The van der Waals surface area contributed by atoms with Gasteiger partial charge in [-0.05, 0) is 18.2 Å². The standard InChI is InChI=1S/C10H9ClFN3/c1-15-10(13)8(5-14-15)7-4-6(11)2-3-9(7)12/h2-5H,13H2,1H3. The first-order valence-electron chi connectivity index (χ1n) is 4.32. The van der Waals surface area contributed by atoms with E-state index in [2.05, 4.69) is 5.10 Å². The average molecular weight is 226 g/mol. The fourth-order valence-corrected chi connectivity index (χ4v) is 1.53. The molecule has 2 rings (SSSR count). The van der Waals surface area contributed by atoms with E-state index in [9.17, 15) is 4.39 Å². The van der Waals surface area contributed by atoms with Crippen LogP contribution < -0.4 is 5.73 Å². The molecule has 2 N–H and O–H groups in total. The van der Waals surface area contributed by atoms with E-state index in [0.29, 0.717) is 22.0 Å². The van der Waals surface area contributed by atoms with Gasteiger partial charge in [-0.3, -0.25) is 4.68 Å². The number of aromatic nitrogens is 2. The highest BCUT2D eigenvalue weighted by Gasteiger charge is 2.12. The second-order valence-corrected chi connectivity index (χ2v) is 3.63. The molecule has 2 aromatic rings. The second kappa shape index (κ2) is 3.55. The van der Waals surface area contributed by atoms with E-state index in [0.717, 1.165) is 0 Å². The van der Waals surface area contributed by atoms with Crippen LogP contribution in [-0.4, -0.2) is 9.78 Å². The van der Waals surface area contributed by atoms with E-state index in [1.807, 2.05) is 0 Å². The molecule has 0 amide bonds. The Morgan fingerprint density at radius 1 is 1.40 bits per heavy atom. The zero-order chi connectivity index (χ0) is 11.0. The van der Waals surface area contributed by atoms with Crippen LogP contribution in [0.2, 0.25) is 5.02 Å². The first kappa shape index (κ1) is 9.98. The minimum atomic E-state index is -0.362. The highest BCUT2D eigenvalue weighted by atomic mass is 35.5. The molecule has 0 fully saturated rings. The zero-order valence-corrected chi connectivity index (χ0v) is 8.79. The lowest BCUT2D eigenvalue weighted by Crippen LogP contribution is -1.98. The van der Waals surface area contributed by atoms with E-state index in [4.69, 9.17) is 17.3 Å². The van der Waals surface area contributed by atoms with Crippen LogP contribution in [0.4, 0.5) is 10.2 Å². The van der Waals surface area contributed by atoms with Gasteiger partial charge < -0.3 is 5.73 Å². The molecule has 1 aromatic carbocycles. The minimum absolute atomic E-state index is 0.362. The number of nitrogen functional groups attached to an aromatic ring is 1. The van der Waals surface area contributed by atoms with E-state index >= 15 is 0 Å². The topological polar surface area (TPSA) is 43.8 Å². The van der Waals surface area contributed by atoms with Gasteiger partial charge in [0.25, 0.3) is 0 Å². The van der Waals surface area contributed by atoms with Gasteiger partial charge in [0, 0.05) is 23.2 Å². The molecule has 78 valence electrons. The van der Waals surface area contributed by atoms with Crippen LogP contribution in [0, 0.1) is 5.82 Å². The van der Waals surface area contributed by atoms with Gasteiger partial charge >= 0.3 is 0 Å². The van der Waals surface area contributed by atoms with Gasteiger partial charge in [-0.1, -0.05) is 11.6 Å². The van der Waals surface area contributed by atoms with Crippen molar-refractivity contribution >= 4 is 17.4 Å². The largest absolute Gasteiger partial charge is 0.383 e. The van der Waals surface area contributed by atoms with Crippen LogP contribution in [0.5, 0.6) is 0 Å². The normalized spacial score (nSPS) is 10.6. The molecule has 0 atom stereocenters. The molecular weight excluding hydrogens is 217 g/mol. The van der Waals surface area contributed by atoms with Crippen LogP contribution in [0.1, 0.15) is 0 Å². The number of nitrogens with zero attached hydrogens (tertiary/aromatic N) is 2. The molecule has 0 aliphatic rings. The number of nitrogens with two attached hydrogens (primary N) is 1. The molecule has 15 heavy (non-hydrogen) atoms. The maximum atomic E-state index is 13.5. The van der Waals surface area contributed by atoms with Crippen LogP contribution >= 0.6 is 11.6 Å². The van der Waals surface area contributed by atoms with Crippen molar-refractivity contribution in [1.29, 1.82) is 0 Å². The monoisotopic (exact) mass is 225 g/mol. The average Bonchev–Trinajstić information content (AvgIpc) is 2.52. The van der Waals surface area contributed by atoms with Crippen LogP contribution in [0.15, 0.2) is 24.4 Å². The highest BCUT2D eigenvalue weighted by Crippen LogP contribution is 2.29. The third-order valence-corrected chi connectivity index (χ3v) is 2.44. The molecule has 0 aliphatic heterocycles. The lowest BCUT2D eigenvalue weighted by atomic mass is 10.1. The summed E-state index contributed by atoms with van der Waals surface area (Å²) < 4.78 is 15.0. The van der Waals surface area contributed by atoms with E-state index in [1.54, 1.807) is 7.05 Å². The predicted octanol–water partition coefficient (Wildman–Crippen LogP) is 2.46. The Bertz CT molecular complexity index is 507. The highest BCUT2D eigenvalue weighted by molar-refractivity contribution is 6.30. The summed E-state index contributed by atoms with van der Waals surface area (Å²) in [4.78, 5) is 0. The lowest BCUT2D eigenvalue weighted by Gasteiger charge is -2.03. The molecule has 0 radical (unpaired) electrons. The Balaban J connectivity index is 2.63. The Labute approximate surface area is 91.3 Å². The molecule has 5 heteroatoms. The van der Waals surface area contributed by atoms with Crippen LogP contribution in [0.3, 0.4) is 0 Å². The first-order chi connectivity index (χ1) is 7.09. The van der Waals surface area contributed by atoms with Crippen molar-refractivity contribution in [2.24, 2.45) is 7.05 Å². The van der Waals surface area contributed by atoms with Crippen molar-refractivity contribution < 1.29 is 4.39 Å². The molecule has 0 unspecified atom stereocenters. The fourth-order valence-electron chi connectivity index (χ4n) is 1.36. The number of anilines is 1. The van der Waals surface area contributed by atoms with Crippen LogP contribution in [0.25, 0.3) is 11.1 Å². The summed E-state index contributed by atoms with van der Waals surface area (Å²) >= 11 is 5.79. The van der Waals surface area contributed by atoms with Gasteiger partial charge in [-0.25, -0.2) is 4.39 Å². The summed E-state index contributed by atoms with van der Waals surface area (Å²) in [5.41, 5.74) is 6.67. The molecular formula is C10H9ClFN3. The zero-order valence-electron chi connectivity index (χ0n) is 8.04. The molecule has 0 saturated heterocycles. The van der Waals surface area contributed by atoms with Crippen molar-refractivity contribution in [2.45, 2.75) is 0 Å². The van der Waals surface area contributed by atoms with E-state index < -0.39 is 0 Å². The smallest absolute Gasteiger partial charge is 0.131 e. The molecule has 3 nitrogen and oxygen atoms in total. The third-order valence-electron chi connectivity index (χ3n) is 2.20. The van der Waals surface area contributed by atoms with E-state index in [-0.39, 0.29) is 5.82 Å². The van der Waals surface area contributed by atoms with Crippen molar-refractivity contribution in [3.63, 3.8) is 0 Å². The van der Waals surface area contributed by atoms with Gasteiger partial charge in [0.15, 0.2) is 0 Å². The lowest BCUT2D eigenvalue weighted by molar-refractivity contribution is 0.631. The van der Waals surface area contributed by atoms with Crippen molar-refractivity contribution in [3.05, 3.63) is 35.2 Å². The Hall–Kier alpha value is -1.55. The Morgan fingerprint density at radius 2 is 2.13 bits per heavy atom. The Morgan fingerprint density at radius 3 is 2.73 bits per heavy atom. The van der Waals surface area contributed by atoms with Gasteiger partial charge in [0.1, 0.15) is 11.6 Å². The summed E-state index contributed by atoms with van der Waals surface area (Å²) in [5.74, 6) is 0.0512. The number of aryl methyl sites for hydroxylation is 1. The third kappa shape index (κ3) is 1.68. The number of rotatable bonds is 1. The van der Waals surface area contributed by atoms with Crippen molar-refractivity contribution in [1.82, 2.24) is 9.78 Å². The predicted molar refractivity (Wildman–Crippen MR) is 58.0 cm³/mol. The molecule has 1 aromatic heterocycles. The molecule has 0 bridgehead atoms. The second-order valence-electron chi connectivity index (χ2n) is 3.19. The summed E-state index contributed by atoms with van der Waals surface area (Å²) in [6.07, 6.45) is 1.52. The number of hydrogen-bond acceptors (Lipinski definition) is 2. The SMILES string of the molecule is Cn1ncc(-c2cc(Cl)ccc2F)c1N. The van der Waals surface area contributed by atoms with Crippen LogP contribution in [-0.2, 0) is 7.05 Å². The Kier molecular flexibility index (Phi) is 2.36. The summed E-state index contributed by atoms with van der Waals surface area (Å²) in [5, 5.41) is 4.41. The summed E-state index contributed by atoms with van der Waals surface area (Å²) in [7, 11) is 1.70. The number of benzene rings is 1. The minimum Gasteiger partial charge on any atom is -0.383 e. The maximum absolute atomic E-state index is 13.5. The summed E-state index contributed by atoms with van der Waals surface area (Å²) in [6, 6.07) is 4.33. The van der Waals surface area contributed by atoms with Crippen molar-refractivity contribution in [2.75, 3.05) is 5.73 Å². The molecule has 0 saturated carbocycles. The quantitative estimate of drug-likeness (QED) is 0.810. The molecule has 1 heterocycles. The first-order valence-corrected chi connectivity index (χ1v) is 4.70. The van der Waals surface area contributed by atoms with Gasteiger partial charge in [0.2, 0.25) is 0 Å². The van der Waals surface area contributed by atoms with Gasteiger partial charge in [-0.2, -0.15) is 5.10 Å². The van der Waals surface area contributed by atoms with E-state index in [1.165, 1.54) is 29.1 Å². The number of hydrogen-bond donors (Lipinski definition) is 1. The van der Waals surface area contributed by atoms with Gasteiger partial charge in [0.05, 0.1) is 6.20 Å². The fraction of sp³-hybridized carbons (Fsp3) is 0.100. The summed E-state index contributed by atoms with van der Waals surface area (Å²) in [6.45, 7) is 0. The molecule has 0 aliphatic carbocycles. The van der Waals surface area contributed by atoms with Gasteiger partial charge in [-0.15, -0.1) is 0 Å². The maximum Gasteiger partial charge on any atom is 0.131 e. The molecule has 0 spiro atoms. The number of halogens is 2.